The van der Waals surface area contributed by atoms with Crippen LogP contribution in [0.5, 0.6) is 0 Å². The summed E-state index contributed by atoms with van der Waals surface area (Å²) in [5.41, 5.74) is 5.95. The maximum Gasteiger partial charge on any atom is 0.345 e. The molecule has 0 saturated carbocycles. The lowest BCUT2D eigenvalue weighted by molar-refractivity contribution is -0.112. The molecule has 0 radical (unpaired) electrons. The molecule has 2 N–H and O–H groups in total. The fourth-order valence-corrected chi connectivity index (χ4v) is 1.56. The molecule has 1 heterocycles. The number of benzene rings is 1. The number of carbonyl (C=O) groups excluding carboxylic acids is 1. The fraction of sp³-hybridized carbons (Fsp3) is 0.0769. The number of ketones is 1. The summed E-state index contributed by atoms with van der Waals surface area (Å²) in [5, 5.41) is 0.766. The Labute approximate surface area is 97.4 Å². The summed E-state index contributed by atoms with van der Waals surface area (Å²) in [7, 11) is 0. The minimum absolute atomic E-state index is 0.122. The van der Waals surface area contributed by atoms with Crippen LogP contribution in [-0.4, -0.2) is 5.78 Å². The van der Waals surface area contributed by atoms with Crippen LogP contribution >= 0.6 is 0 Å². The lowest BCUT2D eigenvalue weighted by Gasteiger charge is -2.01. The Hall–Kier alpha value is -2.36. The first-order valence-corrected chi connectivity index (χ1v) is 5.09. The van der Waals surface area contributed by atoms with Crippen LogP contribution < -0.4 is 11.4 Å². The van der Waals surface area contributed by atoms with Gasteiger partial charge in [-0.3, -0.25) is 4.79 Å². The number of rotatable bonds is 2. The summed E-state index contributed by atoms with van der Waals surface area (Å²) in [5.74, 6) is -0.213. The van der Waals surface area contributed by atoms with Gasteiger partial charge in [0.2, 0.25) is 0 Å². The van der Waals surface area contributed by atoms with Crippen molar-refractivity contribution in [2.24, 2.45) is 5.73 Å². The van der Waals surface area contributed by atoms with E-state index in [-0.39, 0.29) is 17.0 Å². The van der Waals surface area contributed by atoms with Crippen molar-refractivity contribution in [2.45, 2.75) is 6.92 Å². The van der Waals surface area contributed by atoms with Gasteiger partial charge in [-0.15, -0.1) is 0 Å². The average molecular weight is 229 g/mol. The number of hydrogen-bond donors (Lipinski definition) is 1. The molecule has 4 nitrogen and oxygen atoms in total. The summed E-state index contributed by atoms with van der Waals surface area (Å²) in [6, 6.07) is 8.74. The van der Waals surface area contributed by atoms with Crippen molar-refractivity contribution >= 4 is 22.4 Å². The van der Waals surface area contributed by atoms with Crippen molar-refractivity contribution in [2.75, 3.05) is 0 Å². The molecule has 2 aromatic rings. The van der Waals surface area contributed by atoms with E-state index in [1.165, 1.54) is 13.0 Å². The number of hydrogen-bond acceptors (Lipinski definition) is 4. The van der Waals surface area contributed by atoms with E-state index in [4.69, 9.17) is 10.2 Å². The normalized spacial score (nSPS) is 11.7. The zero-order valence-corrected chi connectivity index (χ0v) is 9.27. The van der Waals surface area contributed by atoms with Crippen molar-refractivity contribution in [1.82, 2.24) is 0 Å². The van der Waals surface area contributed by atoms with E-state index in [2.05, 4.69) is 0 Å². The third-order valence-electron chi connectivity index (χ3n) is 2.31. The Morgan fingerprint density at radius 3 is 2.76 bits per heavy atom. The van der Waals surface area contributed by atoms with Gasteiger partial charge in [-0.2, -0.15) is 0 Å². The molecule has 4 heteroatoms. The first-order valence-electron chi connectivity index (χ1n) is 5.09. The van der Waals surface area contributed by atoms with Crippen molar-refractivity contribution in [3.63, 3.8) is 0 Å². The van der Waals surface area contributed by atoms with Gasteiger partial charge in [-0.05, 0) is 19.1 Å². The molecular formula is C13H11NO3. The highest BCUT2D eigenvalue weighted by Gasteiger charge is 2.07. The van der Waals surface area contributed by atoms with Crippen LogP contribution in [0.2, 0.25) is 0 Å². The standard InChI is InChI=1S/C13H11NO3/c1-8(15)6-11(14)10-7-9-4-2-3-5-12(9)17-13(10)16/h2-7H,14H2,1H3/b11-6-. The van der Waals surface area contributed by atoms with Gasteiger partial charge in [-0.25, -0.2) is 4.79 Å². The molecule has 0 aliphatic heterocycles. The van der Waals surface area contributed by atoms with Crippen molar-refractivity contribution in [3.8, 4) is 0 Å². The minimum atomic E-state index is -0.543. The summed E-state index contributed by atoms with van der Waals surface area (Å²) >= 11 is 0. The van der Waals surface area contributed by atoms with Crippen molar-refractivity contribution < 1.29 is 9.21 Å². The number of carbonyl (C=O) groups is 1. The first kappa shape index (κ1) is 11.1. The van der Waals surface area contributed by atoms with Crippen molar-refractivity contribution in [3.05, 3.63) is 52.4 Å². The SMILES string of the molecule is CC(=O)/C=C(\N)c1cc2ccccc2oc1=O. The second kappa shape index (κ2) is 4.25. The molecule has 2 rings (SSSR count). The van der Waals surface area contributed by atoms with Crippen LogP contribution in [0, 0.1) is 0 Å². The van der Waals surface area contributed by atoms with E-state index in [9.17, 15) is 9.59 Å². The van der Waals surface area contributed by atoms with Gasteiger partial charge < -0.3 is 10.2 Å². The molecular weight excluding hydrogens is 218 g/mol. The van der Waals surface area contributed by atoms with Gasteiger partial charge in [0.1, 0.15) is 5.58 Å². The highest BCUT2D eigenvalue weighted by molar-refractivity contribution is 5.95. The number of nitrogens with two attached hydrogens (primary N) is 1. The van der Waals surface area contributed by atoms with E-state index in [1.54, 1.807) is 18.2 Å². The van der Waals surface area contributed by atoms with Crippen LogP contribution in [0.3, 0.4) is 0 Å². The number of allylic oxidation sites excluding steroid dienone is 1. The molecule has 0 atom stereocenters. The summed E-state index contributed by atoms with van der Waals surface area (Å²) in [4.78, 5) is 22.6. The molecule has 0 saturated heterocycles. The van der Waals surface area contributed by atoms with E-state index in [0.717, 1.165) is 5.39 Å². The van der Waals surface area contributed by atoms with Gasteiger partial charge >= 0.3 is 5.63 Å². The van der Waals surface area contributed by atoms with E-state index >= 15 is 0 Å². The molecule has 0 bridgehead atoms. The third-order valence-corrected chi connectivity index (χ3v) is 2.31. The average Bonchev–Trinajstić information content (AvgIpc) is 2.27. The first-order chi connectivity index (χ1) is 8.08. The summed E-state index contributed by atoms with van der Waals surface area (Å²) < 4.78 is 5.11. The topological polar surface area (TPSA) is 73.3 Å². The van der Waals surface area contributed by atoms with E-state index in [0.29, 0.717) is 5.58 Å². The fourth-order valence-electron chi connectivity index (χ4n) is 1.56. The maximum absolute atomic E-state index is 11.7. The molecule has 0 amide bonds. The second-order valence-corrected chi connectivity index (χ2v) is 3.70. The molecule has 17 heavy (non-hydrogen) atoms. The molecule has 0 unspecified atom stereocenters. The summed E-state index contributed by atoms with van der Waals surface area (Å²) in [6.45, 7) is 1.37. The Balaban J connectivity index is 2.67. The van der Waals surface area contributed by atoms with Gasteiger partial charge in [0.15, 0.2) is 5.78 Å². The Bertz CT molecular complexity index is 668. The predicted molar refractivity (Wildman–Crippen MR) is 65.3 cm³/mol. The summed E-state index contributed by atoms with van der Waals surface area (Å²) in [6.07, 6.45) is 1.21. The molecule has 0 aliphatic rings. The molecule has 1 aromatic carbocycles. The Morgan fingerprint density at radius 2 is 2.06 bits per heavy atom. The van der Waals surface area contributed by atoms with Gasteiger partial charge in [0, 0.05) is 17.2 Å². The lowest BCUT2D eigenvalue weighted by Crippen LogP contribution is -2.11. The molecule has 1 aromatic heterocycles. The quantitative estimate of drug-likeness (QED) is 0.628. The highest BCUT2D eigenvalue weighted by Crippen LogP contribution is 2.15. The Kier molecular flexibility index (Phi) is 2.78. The van der Waals surface area contributed by atoms with Gasteiger partial charge in [-0.1, -0.05) is 18.2 Å². The zero-order valence-electron chi connectivity index (χ0n) is 9.27. The molecule has 0 fully saturated rings. The van der Waals surface area contributed by atoms with Gasteiger partial charge in [0.25, 0.3) is 0 Å². The number of para-hydroxylation sites is 1. The maximum atomic E-state index is 11.7. The Morgan fingerprint density at radius 1 is 1.35 bits per heavy atom. The lowest BCUT2D eigenvalue weighted by atomic mass is 10.1. The third kappa shape index (κ3) is 2.25. The second-order valence-electron chi connectivity index (χ2n) is 3.70. The van der Waals surface area contributed by atoms with E-state index in [1.807, 2.05) is 12.1 Å². The molecule has 0 aliphatic carbocycles. The number of fused-ring (bicyclic) bond motifs is 1. The highest BCUT2D eigenvalue weighted by atomic mass is 16.4. The van der Waals surface area contributed by atoms with Crippen LogP contribution in [0.15, 0.2) is 45.6 Å². The van der Waals surface area contributed by atoms with Crippen LogP contribution in [-0.2, 0) is 4.79 Å². The van der Waals surface area contributed by atoms with E-state index < -0.39 is 5.63 Å². The van der Waals surface area contributed by atoms with Crippen LogP contribution in [0.1, 0.15) is 12.5 Å². The van der Waals surface area contributed by atoms with Gasteiger partial charge in [0.05, 0.1) is 5.56 Å². The zero-order chi connectivity index (χ0) is 12.4. The molecule has 0 spiro atoms. The minimum Gasteiger partial charge on any atom is -0.422 e. The van der Waals surface area contributed by atoms with Crippen LogP contribution in [0.4, 0.5) is 0 Å². The van der Waals surface area contributed by atoms with Crippen molar-refractivity contribution in [1.29, 1.82) is 0 Å². The smallest absolute Gasteiger partial charge is 0.345 e. The largest absolute Gasteiger partial charge is 0.422 e. The monoisotopic (exact) mass is 229 g/mol. The van der Waals surface area contributed by atoms with Crippen LogP contribution in [0.25, 0.3) is 16.7 Å². The molecule has 86 valence electrons. The predicted octanol–water partition coefficient (Wildman–Crippen LogP) is 1.68.